The van der Waals surface area contributed by atoms with Crippen LogP contribution < -0.4 is 10.2 Å². The van der Waals surface area contributed by atoms with E-state index < -0.39 is 0 Å². The van der Waals surface area contributed by atoms with Gasteiger partial charge in [0.05, 0.1) is 16.4 Å². The van der Waals surface area contributed by atoms with Crippen LogP contribution in [0.3, 0.4) is 0 Å². The summed E-state index contributed by atoms with van der Waals surface area (Å²) in [6, 6.07) is 13.0. The Bertz CT molecular complexity index is 892. The number of hydrogen-bond acceptors (Lipinski definition) is 2. The lowest BCUT2D eigenvalue weighted by atomic mass is 10.2. The van der Waals surface area contributed by atoms with Crippen molar-refractivity contribution in [2.45, 2.75) is 0 Å². The highest BCUT2D eigenvalue weighted by molar-refractivity contribution is 6.39. The molecule has 3 rings (SSSR count). The molecule has 0 saturated carbocycles. The molecule has 1 aromatic heterocycles. The number of aromatic nitrogens is 1. The normalized spacial score (nSPS) is 10.9. The van der Waals surface area contributed by atoms with Crippen LogP contribution in [0.5, 0.6) is 0 Å². The number of fused-ring (bicyclic) bond motifs is 1. The molecule has 0 saturated heterocycles. The van der Waals surface area contributed by atoms with Gasteiger partial charge in [0.2, 0.25) is 0 Å². The van der Waals surface area contributed by atoms with Crippen LogP contribution in [-0.4, -0.2) is 24.6 Å². The number of halogens is 2. The number of hydrogen-bond donors (Lipinski definition) is 1. The van der Waals surface area contributed by atoms with Gasteiger partial charge in [0, 0.05) is 37.1 Å². The zero-order valence-electron chi connectivity index (χ0n) is 13.6. The van der Waals surface area contributed by atoms with Crippen molar-refractivity contribution in [3.8, 4) is 0 Å². The van der Waals surface area contributed by atoms with Crippen molar-refractivity contribution in [1.29, 1.82) is 0 Å². The minimum absolute atomic E-state index is 0.274. The molecule has 0 fully saturated rings. The smallest absolute Gasteiger partial charge is 0.273 e. The van der Waals surface area contributed by atoms with Gasteiger partial charge in [-0.2, -0.15) is 0 Å². The van der Waals surface area contributed by atoms with Crippen LogP contribution in [-0.2, 0) is 7.05 Å². The third-order valence-electron chi connectivity index (χ3n) is 3.95. The molecule has 24 heavy (non-hydrogen) atoms. The van der Waals surface area contributed by atoms with E-state index in [1.807, 2.05) is 56.4 Å². The molecule has 1 heterocycles. The predicted octanol–water partition coefficient (Wildman–Crippen LogP) is 4.80. The minimum atomic E-state index is -0.274. The van der Waals surface area contributed by atoms with Crippen molar-refractivity contribution >= 4 is 51.4 Å². The highest BCUT2D eigenvalue weighted by Crippen LogP contribution is 2.32. The van der Waals surface area contributed by atoms with Crippen LogP contribution in [0.4, 0.5) is 11.4 Å². The Balaban J connectivity index is 2.04. The fourth-order valence-corrected chi connectivity index (χ4v) is 3.32. The number of benzene rings is 2. The number of aryl methyl sites for hydroxylation is 1. The Morgan fingerprint density at radius 1 is 1.12 bits per heavy atom. The number of anilines is 2. The molecular weight excluding hydrogens is 345 g/mol. The molecule has 0 atom stereocenters. The van der Waals surface area contributed by atoms with Gasteiger partial charge in [0.25, 0.3) is 5.91 Å². The summed E-state index contributed by atoms with van der Waals surface area (Å²) in [5.74, 6) is -0.274. The van der Waals surface area contributed by atoms with E-state index in [1.165, 1.54) is 0 Å². The van der Waals surface area contributed by atoms with E-state index in [4.69, 9.17) is 23.2 Å². The summed E-state index contributed by atoms with van der Waals surface area (Å²) in [4.78, 5) is 14.7. The maximum Gasteiger partial charge on any atom is 0.273 e. The predicted molar refractivity (Wildman–Crippen MR) is 102 cm³/mol. The number of para-hydroxylation sites is 1. The molecule has 0 bridgehead atoms. The highest BCUT2D eigenvalue weighted by Gasteiger charge is 2.20. The summed E-state index contributed by atoms with van der Waals surface area (Å²) >= 11 is 12.5. The van der Waals surface area contributed by atoms with Gasteiger partial charge in [0.15, 0.2) is 0 Å². The molecule has 6 heteroatoms. The minimum Gasteiger partial charge on any atom is -0.376 e. The Labute approximate surface area is 150 Å². The molecule has 0 spiro atoms. The standard InChI is InChI=1S/C18H17Cl2N3O/c1-22(2)15-9-8-11(19)10-13(15)21-18(24)17-16(20)12-6-4-5-7-14(12)23(17)3/h4-10H,1-3H3,(H,21,24). The monoisotopic (exact) mass is 361 g/mol. The van der Waals surface area contributed by atoms with E-state index in [-0.39, 0.29) is 5.91 Å². The van der Waals surface area contributed by atoms with Crippen molar-refractivity contribution in [3.63, 3.8) is 0 Å². The lowest BCUT2D eigenvalue weighted by molar-refractivity contribution is 0.102. The molecule has 1 N–H and O–H groups in total. The van der Waals surface area contributed by atoms with Crippen LogP contribution in [0.15, 0.2) is 42.5 Å². The molecule has 0 aliphatic heterocycles. The van der Waals surface area contributed by atoms with Gasteiger partial charge >= 0.3 is 0 Å². The van der Waals surface area contributed by atoms with Gasteiger partial charge in [-0.1, -0.05) is 41.4 Å². The van der Waals surface area contributed by atoms with E-state index in [0.29, 0.717) is 21.4 Å². The van der Waals surface area contributed by atoms with Crippen molar-refractivity contribution in [1.82, 2.24) is 4.57 Å². The Kier molecular flexibility index (Phi) is 4.43. The number of amides is 1. The van der Waals surface area contributed by atoms with Crippen LogP contribution in [0.25, 0.3) is 10.9 Å². The van der Waals surface area contributed by atoms with Gasteiger partial charge in [-0.25, -0.2) is 0 Å². The van der Waals surface area contributed by atoms with Crippen molar-refractivity contribution in [3.05, 3.63) is 58.2 Å². The lowest BCUT2D eigenvalue weighted by Gasteiger charge is -2.18. The average molecular weight is 362 g/mol. The van der Waals surface area contributed by atoms with Crippen molar-refractivity contribution in [2.24, 2.45) is 7.05 Å². The SMILES string of the molecule is CN(C)c1ccc(Cl)cc1NC(=O)c1c(Cl)c2ccccc2n1C. The summed E-state index contributed by atoms with van der Waals surface area (Å²) in [7, 11) is 5.64. The molecule has 3 aromatic rings. The molecule has 4 nitrogen and oxygen atoms in total. The van der Waals surface area contributed by atoms with Crippen LogP contribution in [0, 0.1) is 0 Å². The first-order chi connectivity index (χ1) is 11.4. The summed E-state index contributed by atoms with van der Waals surface area (Å²) in [5.41, 5.74) is 2.83. The first-order valence-corrected chi connectivity index (χ1v) is 8.17. The topological polar surface area (TPSA) is 37.3 Å². The van der Waals surface area contributed by atoms with E-state index in [9.17, 15) is 4.79 Å². The maximum atomic E-state index is 12.8. The van der Waals surface area contributed by atoms with E-state index in [2.05, 4.69) is 5.32 Å². The molecule has 2 aromatic carbocycles. The summed E-state index contributed by atoms with van der Waals surface area (Å²) in [6.45, 7) is 0. The second-order valence-electron chi connectivity index (χ2n) is 5.75. The molecule has 0 radical (unpaired) electrons. The van der Waals surface area contributed by atoms with Gasteiger partial charge in [0.1, 0.15) is 5.69 Å². The van der Waals surface area contributed by atoms with Crippen molar-refractivity contribution in [2.75, 3.05) is 24.3 Å². The third kappa shape index (κ3) is 2.83. The molecular formula is C18H17Cl2N3O. The maximum absolute atomic E-state index is 12.8. The number of carbonyl (C=O) groups is 1. The molecule has 0 unspecified atom stereocenters. The van der Waals surface area contributed by atoms with Crippen LogP contribution in [0.1, 0.15) is 10.5 Å². The summed E-state index contributed by atoms with van der Waals surface area (Å²) in [5, 5.41) is 4.77. The number of nitrogens with zero attached hydrogens (tertiary/aromatic N) is 2. The third-order valence-corrected chi connectivity index (χ3v) is 4.57. The molecule has 0 aliphatic rings. The van der Waals surface area contributed by atoms with Crippen LogP contribution in [0.2, 0.25) is 10.0 Å². The zero-order valence-corrected chi connectivity index (χ0v) is 15.1. The van der Waals surface area contributed by atoms with Crippen molar-refractivity contribution < 1.29 is 4.79 Å². The molecule has 0 aliphatic carbocycles. The first kappa shape index (κ1) is 16.7. The van der Waals surface area contributed by atoms with Gasteiger partial charge in [-0.05, 0) is 24.3 Å². The second-order valence-corrected chi connectivity index (χ2v) is 6.56. The second kappa shape index (κ2) is 6.38. The Morgan fingerprint density at radius 2 is 1.83 bits per heavy atom. The number of nitrogens with one attached hydrogen (secondary N) is 1. The molecule has 124 valence electrons. The Hall–Kier alpha value is -2.17. The average Bonchev–Trinajstić information content (AvgIpc) is 2.79. The fourth-order valence-electron chi connectivity index (χ4n) is 2.78. The van der Waals surface area contributed by atoms with Gasteiger partial charge < -0.3 is 14.8 Å². The van der Waals surface area contributed by atoms with E-state index in [1.54, 1.807) is 16.7 Å². The van der Waals surface area contributed by atoms with E-state index in [0.717, 1.165) is 16.6 Å². The highest BCUT2D eigenvalue weighted by atomic mass is 35.5. The number of carbonyl (C=O) groups excluding carboxylic acids is 1. The quantitative estimate of drug-likeness (QED) is 0.727. The lowest BCUT2D eigenvalue weighted by Crippen LogP contribution is -2.19. The van der Waals surface area contributed by atoms with Gasteiger partial charge in [-0.15, -0.1) is 0 Å². The number of rotatable bonds is 3. The zero-order chi connectivity index (χ0) is 17.4. The molecule has 1 amide bonds. The summed E-state index contributed by atoms with van der Waals surface area (Å²) in [6.07, 6.45) is 0. The fraction of sp³-hybridized carbons (Fsp3) is 0.167. The first-order valence-electron chi connectivity index (χ1n) is 7.41. The Morgan fingerprint density at radius 3 is 2.50 bits per heavy atom. The van der Waals surface area contributed by atoms with Gasteiger partial charge in [-0.3, -0.25) is 4.79 Å². The van der Waals surface area contributed by atoms with Crippen LogP contribution >= 0.6 is 23.2 Å². The summed E-state index contributed by atoms with van der Waals surface area (Å²) < 4.78 is 1.80. The van der Waals surface area contributed by atoms with E-state index >= 15 is 0 Å². The largest absolute Gasteiger partial charge is 0.376 e.